The number of hydrogen-bond donors (Lipinski definition) is 2. The summed E-state index contributed by atoms with van der Waals surface area (Å²) in [6.45, 7) is 6.99. The number of nitrogens with one attached hydrogen (secondary N) is 2. The van der Waals surface area contributed by atoms with Crippen molar-refractivity contribution >= 4 is 29.4 Å². The quantitative estimate of drug-likeness (QED) is 0.240. The number of carbonyl (C=O) groups excluding carboxylic acids is 3. The lowest BCUT2D eigenvalue weighted by Crippen LogP contribution is -2.41. The largest absolute Gasteiger partial charge is 0.385 e. The number of ketones is 1. The smallest absolute Gasteiger partial charge is 0.230 e. The molecule has 30 heavy (non-hydrogen) atoms. The van der Waals surface area contributed by atoms with Crippen molar-refractivity contribution in [3.63, 3.8) is 0 Å². The van der Waals surface area contributed by atoms with E-state index < -0.39 is 5.92 Å². The third-order valence-corrected chi connectivity index (χ3v) is 5.72. The summed E-state index contributed by atoms with van der Waals surface area (Å²) in [7, 11) is 0. The summed E-state index contributed by atoms with van der Waals surface area (Å²) in [4.78, 5) is 35.9. The van der Waals surface area contributed by atoms with Crippen LogP contribution in [0.25, 0.3) is 6.08 Å². The highest BCUT2D eigenvalue weighted by molar-refractivity contribution is 6.04. The van der Waals surface area contributed by atoms with Gasteiger partial charge in [0.25, 0.3) is 0 Å². The van der Waals surface area contributed by atoms with Gasteiger partial charge in [-0.15, -0.1) is 0 Å². The van der Waals surface area contributed by atoms with Crippen LogP contribution >= 0.6 is 0 Å². The van der Waals surface area contributed by atoms with Gasteiger partial charge >= 0.3 is 0 Å². The van der Waals surface area contributed by atoms with E-state index in [4.69, 9.17) is 0 Å². The molecule has 2 amide bonds. The predicted molar refractivity (Wildman–Crippen MR) is 122 cm³/mol. The summed E-state index contributed by atoms with van der Waals surface area (Å²) in [5.41, 5.74) is 2.32. The number of Topliss-reactive ketones (excluding diaryl/α,β-unsaturated/α-hetero) is 1. The molecular formula is C25H36N2O3. The number of hydrogen-bond acceptors (Lipinski definition) is 4. The van der Waals surface area contributed by atoms with Crippen LogP contribution in [0.3, 0.4) is 0 Å². The minimum absolute atomic E-state index is 0.0889. The molecule has 1 saturated heterocycles. The Morgan fingerprint density at radius 1 is 1.13 bits per heavy atom. The monoisotopic (exact) mass is 412 g/mol. The van der Waals surface area contributed by atoms with E-state index in [1.807, 2.05) is 12.1 Å². The molecule has 2 N–H and O–H groups in total. The van der Waals surface area contributed by atoms with Gasteiger partial charge < -0.3 is 5.32 Å². The van der Waals surface area contributed by atoms with Crippen LogP contribution in [0.15, 0.2) is 24.8 Å². The van der Waals surface area contributed by atoms with E-state index in [2.05, 4.69) is 24.1 Å². The van der Waals surface area contributed by atoms with Crippen LogP contribution in [-0.2, 0) is 9.59 Å². The van der Waals surface area contributed by atoms with Gasteiger partial charge in [-0.3, -0.25) is 19.7 Å². The van der Waals surface area contributed by atoms with Crippen LogP contribution in [0.2, 0.25) is 0 Å². The SMILES string of the molecule is C=Cc1cc(NCCCCCCCCCC)ccc1C(=O)CC1CCC(=O)NC1=O. The average Bonchev–Trinajstić information content (AvgIpc) is 2.74. The van der Waals surface area contributed by atoms with Gasteiger partial charge in [0.1, 0.15) is 0 Å². The second kappa shape index (κ2) is 13.0. The maximum absolute atomic E-state index is 12.7. The van der Waals surface area contributed by atoms with Crippen molar-refractivity contribution in [1.29, 1.82) is 0 Å². The fraction of sp³-hybridized carbons (Fsp3) is 0.560. The molecule has 0 bridgehead atoms. The van der Waals surface area contributed by atoms with Crippen molar-refractivity contribution in [2.45, 2.75) is 77.6 Å². The van der Waals surface area contributed by atoms with E-state index in [1.165, 1.54) is 44.9 Å². The minimum atomic E-state index is -0.437. The average molecular weight is 413 g/mol. The Kier molecular flexibility index (Phi) is 10.3. The molecule has 0 saturated carbocycles. The minimum Gasteiger partial charge on any atom is -0.385 e. The van der Waals surface area contributed by atoms with Gasteiger partial charge in [0.15, 0.2) is 5.78 Å². The molecule has 164 valence electrons. The molecule has 1 heterocycles. The van der Waals surface area contributed by atoms with Crippen molar-refractivity contribution in [2.75, 3.05) is 11.9 Å². The van der Waals surface area contributed by atoms with Gasteiger partial charge in [-0.05, 0) is 36.6 Å². The van der Waals surface area contributed by atoms with E-state index >= 15 is 0 Å². The molecule has 0 spiro atoms. The molecule has 5 nitrogen and oxygen atoms in total. The Hall–Kier alpha value is -2.43. The zero-order valence-corrected chi connectivity index (χ0v) is 18.3. The number of unbranched alkanes of at least 4 members (excludes halogenated alkanes) is 7. The highest BCUT2D eigenvalue weighted by Gasteiger charge is 2.29. The van der Waals surface area contributed by atoms with Gasteiger partial charge in [-0.1, -0.05) is 64.5 Å². The van der Waals surface area contributed by atoms with Gasteiger partial charge in [-0.25, -0.2) is 0 Å². The first-order chi connectivity index (χ1) is 14.5. The zero-order chi connectivity index (χ0) is 21.8. The Morgan fingerprint density at radius 2 is 1.83 bits per heavy atom. The Balaban J connectivity index is 1.78. The Labute approximate surface area is 180 Å². The maximum Gasteiger partial charge on any atom is 0.230 e. The van der Waals surface area contributed by atoms with E-state index in [0.29, 0.717) is 18.4 Å². The second-order valence-electron chi connectivity index (χ2n) is 8.18. The molecule has 0 aliphatic carbocycles. The van der Waals surface area contributed by atoms with Crippen LogP contribution in [0.5, 0.6) is 0 Å². The fourth-order valence-corrected chi connectivity index (χ4v) is 3.85. The van der Waals surface area contributed by atoms with Crippen LogP contribution in [-0.4, -0.2) is 24.1 Å². The molecular weight excluding hydrogens is 376 g/mol. The molecule has 1 unspecified atom stereocenters. The summed E-state index contributed by atoms with van der Waals surface area (Å²) in [5, 5.41) is 5.74. The van der Waals surface area contributed by atoms with Crippen LogP contribution in [0.1, 0.15) is 93.5 Å². The summed E-state index contributed by atoms with van der Waals surface area (Å²) >= 11 is 0. The number of imide groups is 1. The van der Waals surface area contributed by atoms with Crippen LogP contribution < -0.4 is 10.6 Å². The second-order valence-corrected chi connectivity index (χ2v) is 8.18. The van der Waals surface area contributed by atoms with Gasteiger partial charge in [0, 0.05) is 36.6 Å². The van der Waals surface area contributed by atoms with Gasteiger partial charge in [-0.2, -0.15) is 0 Å². The number of anilines is 1. The molecule has 0 radical (unpaired) electrons. The summed E-state index contributed by atoms with van der Waals surface area (Å²) in [6, 6.07) is 5.66. The molecule has 1 aliphatic heterocycles. The number of benzene rings is 1. The molecule has 1 aromatic carbocycles. The lowest BCUT2D eigenvalue weighted by atomic mass is 9.89. The Morgan fingerprint density at radius 3 is 2.50 bits per heavy atom. The number of carbonyl (C=O) groups is 3. The first kappa shape index (κ1) is 23.8. The molecule has 5 heteroatoms. The maximum atomic E-state index is 12.7. The van der Waals surface area contributed by atoms with Crippen molar-refractivity contribution in [2.24, 2.45) is 5.92 Å². The topological polar surface area (TPSA) is 75.3 Å². The van der Waals surface area contributed by atoms with Crippen molar-refractivity contribution < 1.29 is 14.4 Å². The molecule has 1 aliphatic rings. The summed E-state index contributed by atoms with van der Waals surface area (Å²) in [5.74, 6) is -1.13. The number of rotatable bonds is 14. The predicted octanol–water partition coefficient (Wildman–Crippen LogP) is 5.51. The van der Waals surface area contributed by atoms with E-state index in [1.54, 1.807) is 12.1 Å². The number of amides is 2. The first-order valence-electron chi connectivity index (χ1n) is 11.4. The van der Waals surface area contributed by atoms with Crippen molar-refractivity contribution in [3.8, 4) is 0 Å². The van der Waals surface area contributed by atoms with Crippen molar-refractivity contribution in [3.05, 3.63) is 35.9 Å². The van der Waals surface area contributed by atoms with Gasteiger partial charge in [0.05, 0.1) is 0 Å². The van der Waals surface area contributed by atoms with Crippen LogP contribution in [0, 0.1) is 5.92 Å². The third-order valence-electron chi connectivity index (χ3n) is 5.72. The number of piperidine rings is 1. The first-order valence-corrected chi connectivity index (χ1v) is 11.4. The highest BCUT2D eigenvalue weighted by Crippen LogP contribution is 2.23. The van der Waals surface area contributed by atoms with Crippen molar-refractivity contribution in [1.82, 2.24) is 5.32 Å². The lowest BCUT2D eigenvalue weighted by molar-refractivity contribution is -0.136. The molecule has 1 atom stereocenters. The van der Waals surface area contributed by atoms with E-state index in [0.717, 1.165) is 24.2 Å². The standard InChI is InChI=1S/C25H36N2O3/c1-3-5-6-7-8-9-10-11-16-26-21-13-14-22(19(4-2)17-21)23(28)18-20-12-15-24(29)27-25(20)30/h4,13-14,17,20,26H,2-3,5-12,15-16,18H2,1H3,(H,27,29,30). The molecule has 2 rings (SSSR count). The molecule has 1 aromatic rings. The normalized spacial score (nSPS) is 16.2. The lowest BCUT2D eigenvalue weighted by Gasteiger charge is -2.20. The van der Waals surface area contributed by atoms with E-state index in [-0.39, 0.29) is 24.0 Å². The Bertz CT molecular complexity index is 742. The van der Waals surface area contributed by atoms with Crippen LogP contribution in [0.4, 0.5) is 5.69 Å². The summed E-state index contributed by atoms with van der Waals surface area (Å²) in [6.07, 6.45) is 12.8. The van der Waals surface area contributed by atoms with E-state index in [9.17, 15) is 14.4 Å². The third kappa shape index (κ3) is 7.77. The summed E-state index contributed by atoms with van der Waals surface area (Å²) < 4.78 is 0. The fourth-order valence-electron chi connectivity index (χ4n) is 3.85. The molecule has 0 aromatic heterocycles. The zero-order valence-electron chi connectivity index (χ0n) is 18.3. The highest BCUT2D eigenvalue weighted by atomic mass is 16.2. The molecule has 1 fully saturated rings. The van der Waals surface area contributed by atoms with Gasteiger partial charge in [0.2, 0.25) is 11.8 Å².